The zero-order valence-corrected chi connectivity index (χ0v) is 18.3. The molecule has 0 atom stereocenters. The lowest BCUT2D eigenvalue weighted by atomic mass is 9.95. The van der Waals surface area contributed by atoms with Gasteiger partial charge in [-0.2, -0.15) is 4.98 Å². The van der Waals surface area contributed by atoms with Gasteiger partial charge in [-0.1, -0.05) is 45.1 Å². The van der Waals surface area contributed by atoms with E-state index in [1.165, 1.54) is 25.3 Å². The fourth-order valence-electron chi connectivity index (χ4n) is 3.66. The number of nitrogens with two attached hydrogens (primary N) is 1. The van der Waals surface area contributed by atoms with Crippen LogP contribution in [0.5, 0.6) is 0 Å². The zero-order valence-electron chi connectivity index (χ0n) is 18.3. The number of rotatable bonds is 5. The maximum atomic E-state index is 14.9. The number of anilines is 2. The Kier molecular flexibility index (Phi) is 7.28. The quantitative estimate of drug-likeness (QED) is 0.754. The van der Waals surface area contributed by atoms with E-state index in [1.807, 2.05) is 17.0 Å². The van der Waals surface area contributed by atoms with Gasteiger partial charge in [-0.3, -0.25) is 4.90 Å². The van der Waals surface area contributed by atoms with Gasteiger partial charge in [0, 0.05) is 30.4 Å². The van der Waals surface area contributed by atoms with Gasteiger partial charge in [0.05, 0.1) is 6.54 Å². The van der Waals surface area contributed by atoms with Gasteiger partial charge in [0.1, 0.15) is 11.6 Å². The Morgan fingerprint density at radius 1 is 1.17 bits per heavy atom. The molecule has 2 heterocycles. The Labute approximate surface area is 179 Å². The van der Waals surface area contributed by atoms with Gasteiger partial charge in [0.15, 0.2) is 0 Å². The number of hydrogen-bond donors (Lipinski definition) is 1. The molecule has 0 saturated carbocycles. The molecule has 5 nitrogen and oxygen atoms in total. The largest absolute Gasteiger partial charge is 0.368 e. The SMILES string of the molecule is CC(C)(C)CN(Cc1ccc(C#CCN2CCCCC2)cc1F)c1ccnc(N)n1. The van der Waals surface area contributed by atoms with Crippen LogP contribution < -0.4 is 10.6 Å². The molecule has 1 aliphatic rings. The molecule has 1 fully saturated rings. The molecular formula is C24H32FN5. The van der Waals surface area contributed by atoms with Crippen molar-refractivity contribution in [2.45, 2.75) is 46.6 Å². The number of nitrogens with zero attached hydrogens (tertiary/aromatic N) is 4. The van der Waals surface area contributed by atoms with E-state index in [4.69, 9.17) is 5.73 Å². The van der Waals surface area contributed by atoms with Crippen LogP contribution in [0.2, 0.25) is 0 Å². The number of benzene rings is 1. The summed E-state index contributed by atoms with van der Waals surface area (Å²) < 4.78 is 14.9. The van der Waals surface area contributed by atoms with Gasteiger partial charge in [-0.25, -0.2) is 9.37 Å². The van der Waals surface area contributed by atoms with Gasteiger partial charge in [-0.15, -0.1) is 0 Å². The minimum atomic E-state index is -0.249. The first-order valence-electron chi connectivity index (χ1n) is 10.6. The molecule has 0 amide bonds. The van der Waals surface area contributed by atoms with E-state index >= 15 is 0 Å². The molecule has 1 aromatic heterocycles. The predicted octanol–water partition coefficient (Wildman–Crippen LogP) is 4.09. The molecule has 0 radical (unpaired) electrons. The third-order valence-corrected chi connectivity index (χ3v) is 5.05. The molecular weight excluding hydrogens is 377 g/mol. The molecule has 6 heteroatoms. The molecule has 3 rings (SSSR count). The van der Waals surface area contributed by atoms with Gasteiger partial charge in [0.2, 0.25) is 5.95 Å². The maximum absolute atomic E-state index is 14.9. The summed E-state index contributed by atoms with van der Waals surface area (Å²) in [4.78, 5) is 12.7. The lowest BCUT2D eigenvalue weighted by Gasteiger charge is -2.31. The smallest absolute Gasteiger partial charge is 0.221 e. The van der Waals surface area contributed by atoms with Gasteiger partial charge >= 0.3 is 0 Å². The van der Waals surface area contributed by atoms with E-state index in [0.29, 0.717) is 30.0 Å². The average Bonchev–Trinajstić information content (AvgIpc) is 2.69. The van der Waals surface area contributed by atoms with Crippen molar-refractivity contribution < 1.29 is 4.39 Å². The van der Waals surface area contributed by atoms with Crippen LogP contribution in [0.4, 0.5) is 16.2 Å². The minimum absolute atomic E-state index is 0.00998. The van der Waals surface area contributed by atoms with E-state index in [-0.39, 0.29) is 17.2 Å². The third-order valence-electron chi connectivity index (χ3n) is 5.05. The zero-order chi connectivity index (χ0) is 21.6. The molecule has 0 unspecified atom stereocenters. The van der Waals surface area contributed by atoms with E-state index in [1.54, 1.807) is 12.3 Å². The summed E-state index contributed by atoms with van der Waals surface area (Å²) in [5.41, 5.74) is 7.09. The van der Waals surface area contributed by atoms with Gasteiger partial charge < -0.3 is 10.6 Å². The summed E-state index contributed by atoms with van der Waals surface area (Å²) in [5, 5.41) is 0. The Bertz CT molecular complexity index is 904. The van der Waals surface area contributed by atoms with Crippen molar-refractivity contribution >= 4 is 11.8 Å². The number of piperidine rings is 1. The Balaban J connectivity index is 1.72. The van der Waals surface area contributed by atoms with Crippen LogP contribution in [0.1, 0.15) is 51.2 Å². The van der Waals surface area contributed by atoms with Crippen LogP contribution in [0.25, 0.3) is 0 Å². The first kappa shape index (κ1) is 22.0. The van der Waals surface area contributed by atoms with Crippen molar-refractivity contribution in [3.63, 3.8) is 0 Å². The lowest BCUT2D eigenvalue weighted by molar-refractivity contribution is 0.255. The summed E-state index contributed by atoms with van der Waals surface area (Å²) in [6.45, 7) is 10.5. The summed E-state index contributed by atoms with van der Waals surface area (Å²) in [6.07, 6.45) is 5.43. The Hall–Kier alpha value is -2.65. The van der Waals surface area contributed by atoms with Crippen LogP contribution in [0, 0.1) is 23.1 Å². The van der Waals surface area contributed by atoms with Crippen molar-refractivity contribution in [1.82, 2.24) is 14.9 Å². The van der Waals surface area contributed by atoms with Crippen LogP contribution in [0.15, 0.2) is 30.5 Å². The average molecular weight is 410 g/mol. The molecule has 1 aromatic carbocycles. The number of nitrogen functional groups attached to an aromatic ring is 1. The highest BCUT2D eigenvalue weighted by Gasteiger charge is 2.20. The fourth-order valence-corrected chi connectivity index (χ4v) is 3.66. The number of hydrogen-bond acceptors (Lipinski definition) is 5. The molecule has 1 aliphatic heterocycles. The predicted molar refractivity (Wildman–Crippen MR) is 121 cm³/mol. The van der Waals surface area contributed by atoms with E-state index in [0.717, 1.165) is 19.6 Å². The second kappa shape index (κ2) is 9.90. The van der Waals surface area contributed by atoms with Crippen molar-refractivity contribution in [1.29, 1.82) is 0 Å². The Morgan fingerprint density at radius 2 is 1.93 bits per heavy atom. The molecule has 0 bridgehead atoms. The molecule has 2 N–H and O–H groups in total. The van der Waals surface area contributed by atoms with Gasteiger partial charge in [0.25, 0.3) is 0 Å². The van der Waals surface area contributed by atoms with Crippen LogP contribution in [0.3, 0.4) is 0 Å². The third kappa shape index (κ3) is 6.70. The second-order valence-electron chi connectivity index (χ2n) is 9.13. The van der Waals surface area contributed by atoms with E-state index in [9.17, 15) is 4.39 Å². The summed E-state index contributed by atoms with van der Waals surface area (Å²) in [5.74, 6) is 6.96. The summed E-state index contributed by atoms with van der Waals surface area (Å²) in [7, 11) is 0. The van der Waals surface area contributed by atoms with Crippen LogP contribution in [-0.2, 0) is 6.54 Å². The Morgan fingerprint density at radius 3 is 2.60 bits per heavy atom. The van der Waals surface area contributed by atoms with Gasteiger partial charge in [-0.05, 0) is 49.5 Å². The van der Waals surface area contributed by atoms with Crippen molar-refractivity contribution in [2.24, 2.45) is 5.41 Å². The molecule has 1 saturated heterocycles. The maximum Gasteiger partial charge on any atom is 0.221 e. The molecule has 30 heavy (non-hydrogen) atoms. The normalized spacial score (nSPS) is 14.8. The molecule has 160 valence electrons. The van der Waals surface area contributed by atoms with Crippen molar-refractivity contribution in [3.8, 4) is 11.8 Å². The highest BCUT2D eigenvalue weighted by Crippen LogP contribution is 2.23. The highest BCUT2D eigenvalue weighted by atomic mass is 19.1. The second-order valence-corrected chi connectivity index (χ2v) is 9.13. The first-order chi connectivity index (χ1) is 14.3. The monoisotopic (exact) mass is 409 g/mol. The van der Waals surface area contributed by atoms with Crippen LogP contribution >= 0.6 is 0 Å². The highest BCUT2D eigenvalue weighted by molar-refractivity contribution is 5.44. The number of halogens is 1. The van der Waals surface area contributed by atoms with E-state index < -0.39 is 0 Å². The number of likely N-dealkylation sites (tertiary alicyclic amines) is 1. The summed E-state index contributed by atoms with van der Waals surface area (Å²) in [6, 6.07) is 7.05. The minimum Gasteiger partial charge on any atom is -0.368 e. The topological polar surface area (TPSA) is 58.3 Å². The van der Waals surface area contributed by atoms with E-state index in [2.05, 4.69) is 47.5 Å². The molecule has 0 aliphatic carbocycles. The molecule has 2 aromatic rings. The number of aromatic nitrogens is 2. The van der Waals surface area contributed by atoms with Crippen molar-refractivity contribution in [2.75, 3.05) is 36.8 Å². The summed E-state index contributed by atoms with van der Waals surface area (Å²) >= 11 is 0. The van der Waals surface area contributed by atoms with Crippen molar-refractivity contribution in [3.05, 3.63) is 47.4 Å². The lowest BCUT2D eigenvalue weighted by Crippen LogP contribution is -2.33. The van der Waals surface area contributed by atoms with Crippen LogP contribution in [-0.4, -0.2) is 41.0 Å². The molecule has 0 spiro atoms. The standard InChI is InChI=1S/C24H32FN5/c1-24(2,3)18-30(22-11-12-27-23(26)28-22)17-20-10-9-19(16-21(20)25)8-7-15-29-13-5-4-6-14-29/h9-12,16H,4-6,13-15,17-18H2,1-3H3,(H2,26,27,28). The first-order valence-corrected chi connectivity index (χ1v) is 10.6. The fraction of sp³-hybridized carbons (Fsp3) is 0.500.